The monoisotopic (exact) mass is 298 g/mol. The van der Waals surface area contributed by atoms with Gasteiger partial charge in [0.2, 0.25) is 0 Å². The average Bonchev–Trinajstić information content (AvgIpc) is 2.83. The number of halogens is 1. The van der Waals surface area contributed by atoms with Crippen molar-refractivity contribution in [3.63, 3.8) is 0 Å². The molecule has 0 atom stereocenters. The molecule has 0 aromatic heterocycles. The molecule has 0 bridgehead atoms. The molecule has 20 heavy (non-hydrogen) atoms. The van der Waals surface area contributed by atoms with E-state index in [-0.39, 0.29) is 22.8 Å². The van der Waals surface area contributed by atoms with Gasteiger partial charge in [-0.15, -0.1) is 0 Å². The lowest BCUT2D eigenvalue weighted by atomic mass is 10.0. The van der Waals surface area contributed by atoms with E-state index >= 15 is 0 Å². The topological polar surface area (TPSA) is 92.5 Å². The molecule has 6 nitrogen and oxygen atoms in total. The van der Waals surface area contributed by atoms with Gasteiger partial charge in [-0.1, -0.05) is 30.5 Å². The van der Waals surface area contributed by atoms with Crippen molar-refractivity contribution in [2.24, 2.45) is 0 Å². The molecule has 0 unspecified atom stereocenters. The van der Waals surface area contributed by atoms with Crippen LogP contribution in [0.5, 0.6) is 0 Å². The Labute approximate surface area is 120 Å². The van der Waals surface area contributed by atoms with Crippen molar-refractivity contribution in [2.45, 2.75) is 31.3 Å². The number of hydrogen-bond donors (Lipinski definition) is 2. The van der Waals surface area contributed by atoms with E-state index in [2.05, 4.69) is 5.32 Å². The Kier molecular flexibility index (Phi) is 4.25. The summed E-state index contributed by atoms with van der Waals surface area (Å²) in [6, 6.07) is 4.07. The molecule has 108 valence electrons. The van der Waals surface area contributed by atoms with Gasteiger partial charge in [-0.2, -0.15) is 0 Å². The third-order valence-electron chi connectivity index (χ3n) is 3.53. The van der Waals surface area contributed by atoms with Gasteiger partial charge in [0.05, 0.1) is 16.1 Å². The second kappa shape index (κ2) is 5.76. The molecule has 1 aromatic rings. The molecule has 1 fully saturated rings. The number of nitrogens with one attached hydrogen (secondary N) is 1. The van der Waals surface area contributed by atoms with Crippen molar-refractivity contribution >= 4 is 23.2 Å². The lowest BCUT2D eigenvalue weighted by Crippen LogP contribution is -2.40. The first-order valence-corrected chi connectivity index (χ1v) is 6.74. The number of hydrogen-bond acceptors (Lipinski definition) is 4. The minimum Gasteiger partial charge on any atom is -0.388 e. The van der Waals surface area contributed by atoms with Crippen LogP contribution in [0.2, 0.25) is 5.02 Å². The zero-order valence-corrected chi connectivity index (χ0v) is 11.5. The summed E-state index contributed by atoms with van der Waals surface area (Å²) < 4.78 is 0. The highest BCUT2D eigenvalue weighted by Crippen LogP contribution is 2.30. The smallest absolute Gasteiger partial charge is 0.288 e. The number of carbonyl (C=O) groups excluding carboxylic acids is 1. The molecule has 0 spiro atoms. The fourth-order valence-electron chi connectivity index (χ4n) is 2.39. The van der Waals surface area contributed by atoms with Crippen LogP contribution in [0.25, 0.3) is 0 Å². The van der Waals surface area contributed by atoms with E-state index in [9.17, 15) is 20.0 Å². The average molecular weight is 299 g/mol. The van der Waals surface area contributed by atoms with Gasteiger partial charge in [0.25, 0.3) is 11.6 Å². The van der Waals surface area contributed by atoms with Crippen molar-refractivity contribution < 1.29 is 14.8 Å². The zero-order chi connectivity index (χ0) is 14.8. The van der Waals surface area contributed by atoms with Gasteiger partial charge in [-0.25, -0.2) is 0 Å². The number of nitrogens with zero attached hydrogens (tertiary/aromatic N) is 1. The van der Waals surface area contributed by atoms with Gasteiger partial charge in [0.15, 0.2) is 0 Å². The largest absolute Gasteiger partial charge is 0.388 e. The van der Waals surface area contributed by atoms with Gasteiger partial charge in [-0.3, -0.25) is 14.9 Å². The Morgan fingerprint density at radius 1 is 1.45 bits per heavy atom. The standard InChI is InChI=1S/C13H15ClN2O4/c14-11-9(4-3-5-10(11)16(19)20)12(17)15-8-13(18)6-1-2-7-13/h3-5,18H,1-2,6-8H2,(H,15,17). The predicted octanol–water partition coefficient (Wildman–Crippen LogP) is 2.28. The third-order valence-corrected chi connectivity index (χ3v) is 3.93. The molecule has 1 aliphatic rings. The van der Waals surface area contributed by atoms with Crippen molar-refractivity contribution in [3.05, 3.63) is 38.9 Å². The molecule has 2 N–H and O–H groups in total. The predicted molar refractivity (Wildman–Crippen MR) is 73.9 cm³/mol. The summed E-state index contributed by atoms with van der Waals surface area (Å²) in [6.07, 6.45) is 3.17. The first kappa shape index (κ1) is 14.7. The summed E-state index contributed by atoms with van der Waals surface area (Å²) >= 11 is 5.86. The van der Waals surface area contributed by atoms with E-state index in [0.717, 1.165) is 12.8 Å². The molecule has 0 heterocycles. The van der Waals surface area contributed by atoms with Crippen LogP contribution in [-0.4, -0.2) is 28.1 Å². The van der Waals surface area contributed by atoms with Crippen molar-refractivity contribution in [1.82, 2.24) is 5.32 Å². The Balaban J connectivity index is 2.09. The molecule has 0 aliphatic heterocycles. The maximum absolute atomic E-state index is 12.0. The molecule has 7 heteroatoms. The van der Waals surface area contributed by atoms with E-state index in [1.807, 2.05) is 0 Å². The molecule has 0 saturated heterocycles. The van der Waals surface area contributed by atoms with Crippen LogP contribution in [-0.2, 0) is 0 Å². The van der Waals surface area contributed by atoms with Gasteiger partial charge >= 0.3 is 0 Å². The van der Waals surface area contributed by atoms with Crippen LogP contribution in [0, 0.1) is 10.1 Å². The van der Waals surface area contributed by atoms with E-state index in [0.29, 0.717) is 12.8 Å². The Morgan fingerprint density at radius 2 is 2.10 bits per heavy atom. The SMILES string of the molecule is O=C(NCC1(O)CCCC1)c1cccc([N+](=O)[O-])c1Cl. The normalized spacial score (nSPS) is 16.9. The Morgan fingerprint density at radius 3 is 2.70 bits per heavy atom. The molecule has 1 amide bonds. The second-order valence-corrected chi connectivity index (χ2v) is 5.39. The van der Waals surface area contributed by atoms with E-state index in [1.165, 1.54) is 18.2 Å². The number of aliphatic hydroxyl groups is 1. The summed E-state index contributed by atoms with van der Waals surface area (Å²) in [7, 11) is 0. The highest BCUT2D eigenvalue weighted by Gasteiger charge is 2.31. The molecule has 1 aromatic carbocycles. The van der Waals surface area contributed by atoms with Gasteiger partial charge in [0, 0.05) is 12.6 Å². The van der Waals surface area contributed by atoms with Crippen LogP contribution in [0.1, 0.15) is 36.0 Å². The Bertz CT molecular complexity index is 541. The van der Waals surface area contributed by atoms with E-state index in [4.69, 9.17) is 11.6 Å². The lowest BCUT2D eigenvalue weighted by molar-refractivity contribution is -0.384. The number of carbonyl (C=O) groups is 1. The minimum atomic E-state index is -0.872. The van der Waals surface area contributed by atoms with Gasteiger partial charge in [0.1, 0.15) is 5.02 Å². The highest BCUT2D eigenvalue weighted by atomic mass is 35.5. The fourth-order valence-corrected chi connectivity index (χ4v) is 2.67. The summed E-state index contributed by atoms with van der Waals surface area (Å²) in [6.45, 7) is 0.130. The molecule has 2 rings (SSSR count). The zero-order valence-electron chi connectivity index (χ0n) is 10.8. The number of nitro benzene ring substituents is 1. The van der Waals surface area contributed by atoms with Gasteiger partial charge < -0.3 is 10.4 Å². The van der Waals surface area contributed by atoms with Crippen LogP contribution < -0.4 is 5.32 Å². The molecular formula is C13H15ClN2O4. The van der Waals surface area contributed by atoms with Crippen molar-refractivity contribution in [3.8, 4) is 0 Å². The maximum Gasteiger partial charge on any atom is 0.288 e. The first-order chi connectivity index (χ1) is 9.43. The molecule has 0 radical (unpaired) electrons. The van der Waals surface area contributed by atoms with E-state index < -0.39 is 16.4 Å². The summed E-state index contributed by atoms with van der Waals surface area (Å²) in [5.41, 5.74) is -1.13. The third kappa shape index (κ3) is 3.08. The lowest BCUT2D eigenvalue weighted by Gasteiger charge is -2.22. The first-order valence-electron chi connectivity index (χ1n) is 6.36. The van der Waals surface area contributed by atoms with Crippen molar-refractivity contribution in [2.75, 3.05) is 6.54 Å². The van der Waals surface area contributed by atoms with Crippen LogP contribution in [0.4, 0.5) is 5.69 Å². The quantitative estimate of drug-likeness (QED) is 0.659. The summed E-state index contributed by atoms with van der Waals surface area (Å²) in [4.78, 5) is 22.1. The number of amides is 1. The number of nitro groups is 1. The molecule has 1 aliphatic carbocycles. The number of benzene rings is 1. The van der Waals surface area contributed by atoms with Crippen LogP contribution in [0.3, 0.4) is 0 Å². The number of rotatable bonds is 4. The van der Waals surface area contributed by atoms with Crippen LogP contribution in [0.15, 0.2) is 18.2 Å². The highest BCUT2D eigenvalue weighted by molar-refractivity contribution is 6.35. The summed E-state index contributed by atoms with van der Waals surface area (Å²) in [5.74, 6) is -0.515. The fraction of sp³-hybridized carbons (Fsp3) is 0.462. The van der Waals surface area contributed by atoms with E-state index in [1.54, 1.807) is 0 Å². The molecular weight excluding hydrogens is 284 g/mol. The van der Waals surface area contributed by atoms with Crippen molar-refractivity contribution in [1.29, 1.82) is 0 Å². The summed E-state index contributed by atoms with van der Waals surface area (Å²) in [5, 5.41) is 23.3. The maximum atomic E-state index is 12.0. The van der Waals surface area contributed by atoms with Gasteiger partial charge in [-0.05, 0) is 18.9 Å². The second-order valence-electron chi connectivity index (χ2n) is 5.01. The minimum absolute atomic E-state index is 0.0439. The Hall–Kier alpha value is -1.66. The molecule has 1 saturated carbocycles. The van der Waals surface area contributed by atoms with Crippen LogP contribution >= 0.6 is 11.6 Å².